The lowest BCUT2D eigenvalue weighted by molar-refractivity contribution is 0.542. The first-order valence-corrected chi connectivity index (χ1v) is 7.20. The molecule has 0 saturated carbocycles. The second-order valence-corrected chi connectivity index (χ2v) is 5.83. The van der Waals surface area contributed by atoms with Gasteiger partial charge in [0.15, 0.2) is 0 Å². The Bertz CT molecular complexity index is 560. The molecule has 1 unspecified atom stereocenters. The highest BCUT2D eigenvalue weighted by Gasteiger charge is 2.13. The summed E-state index contributed by atoms with van der Waals surface area (Å²) >= 11 is 6.51. The predicted molar refractivity (Wildman–Crippen MR) is 79.8 cm³/mol. The summed E-state index contributed by atoms with van der Waals surface area (Å²) in [6.07, 6.45) is 2.37. The summed E-state index contributed by atoms with van der Waals surface area (Å²) in [6.45, 7) is 0. The Kier molecular flexibility index (Phi) is 5.04. The van der Waals surface area contributed by atoms with Gasteiger partial charge in [-0.25, -0.2) is 4.39 Å². The van der Waals surface area contributed by atoms with Crippen molar-refractivity contribution < 1.29 is 4.39 Å². The van der Waals surface area contributed by atoms with Crippen LogP contribution in [0.25, 0.3) is 0 Å². The molecule has 3 N–H and O–H groups in total. The maximum atomic E-state index is 13.2. The fourth-order valence-electron chi connectivity index (χ4n) is 1.74. The van der Waals surface area contributed by atoms with Crippen LogP contribution < -0.4 is 11.3 Å². The van der Waals surface area contributed by atoms with Crippen molar-refractivity contribution in [1.82, 2.24) is 10.4 Å². The topological polar surface area (TPSA) is 50.9 Å². The van der Waals surface area contributed by atoms with E-state index in [1.54, 1.807) is 18.3 Å². The van der Waals surface area contributed by atoms with Crippen LogP contribution in [0.3, 0.4) is 0 Å². The van der Waals surface area contributed by atoms with Gasteiger partial charge in [0.25, 0.3) is 0 Å². The molecule has 0 amide bonds. The van der Waals surface area contributed by atoms with Crippen molar-refractivity contribution in [2.24, 2.45) is 5.84 Å². The molecule has 0 aliphatic rings. The van der Waals surface area contributed by atoms with Gasteiger partial charge in [0.05, 0.1) is 10.5 Å². The highest BCUT2D eigenvalue weighted by Crippen LogP contribution is 2.23. The van der Waals surface area contributed by atoms with Crippen LogP contribution in [0.15, 0.2) is 45.5 Å². The van der Waals surface area contributed by atoms with Gasteiger partial charge in [-0.2, -0.15) is 0 Å². The van der Waals surface area contributed by atoms with Gasteiger partial charge in [-0.05, 0) is 61.7 Å². The molecule has 0 spiro atoms. The molecule has 0 aliphatic heterocycles. The molecule has 2 rings (SSSR count). The van der Waals surface area contributed by atoms with E-state index in [1.807, 2.05) is 12.1 Å². The summed E-state index contributed by atoms with van der Waals surface area (Å²) in [5, 5.41) is 0. The summed E-state index contributed by atoms with van der Waals surface area (Å²) in [4.78, 5) is 4.30. The number of pyridine rings is 1. The smallest absolute Gasteiger partial charge is 0.137 e. The van der Waals surface area contributed by atoms with E-state index < -0.39 is 0 Å². The van der Waals surface area contributed by atoms with E-state index in [0.717, 1.165) is 15.7 Å². The minimum atomic E-state index is -0.290. The van der Waals surface area contributed by atoms with E-state index >= 15 is 0 Å². The van der Waals surface area contributed by atoms with Gasteiger partial charge in [-0.15, -0.1) is 0 Å². The van der Waals surface area contributed by atoms with Crippen molar-refractivity contribution in [3.05, 3.63) is 62.5 Å². The summed E-state index contributed by atoms with van der Waals surface area (Å²) in [7, 11) is 0. The highest BCUT2D eigenvalue weighted by molar-refractivity contribution is 9.10. The molecule has 2 aromatic rings. The summed E-state index contributed by atoms with van der Waals surface area (Å²) < 4.78 is 14.6. The molecule has 6 heteroatoms. The van der Waals surface area contributed by atoms with Crippen molar-refractivity contribution >= 4 is 31.9 Å². The van der Waals surface area contributed by atoms with Crippen LogP contribution in [0.2, 0.25) is 0 Å². The zero-order valence-corrected chi connectivity index (χ0v) is 13.1. The van der Waals surface area contributed by atoms with Gasteiger partial charge in [0.1, 0.15) is 5.82 Å². The average molecular weight is 389 g/mol. The van der Waals surface area contributed by atoms with E-state index in [0.29, 0.717) is 10.9 Å². The number of hydrogen-bond donors (Lipinski definition) is 2. The van der Waals surface area contributed by atoms with Gasteiger partial charge in [0, 0.05) is 22.8 Å². The number of rotatable bonds is 4. The molecule has 0 bridgehead atoms. The van der Waals surface area contributed by atoms with Crippen LogP contribution in [0.4, 0.5) is 4.39 Å². The number of nitrogens with zero attached hydrogens (tertiary/aromatic N) is 1. The van der Waals surface area contributed by atoms with E-state index in [1.165, 1.54) is 6.07 Å². The molecule has 0 radical (unpaired) electrons. The Hall–Kier alpha value is -0.820. The second kappa shape index (κ2) is 6.56. The first kappa shape index (κ1) is 14.6. The average Bonchev–Trinajstić information content (AvgIpc) is 2.41. The van der Waals surface area contributed by atoms with Gasteiger partial charge < -0.3 is 0 Å². The van der Waals surface area contributed by atoms with Crippen LogP contribution in [-0.4, -0.2) is 4.98 Å². The molecule has 0 fully saturated rings. The summed E-state index contributed by atoms with van der Waals surface area (Å²) in [6, 6.07) is 8.58. The lowest BCUT2D eigenvalue weighted by Crippen LogP contribution is -2.29. The molecule has 0 aliphatic carbocycles. The van der Waals surface area contributed by atoms with Crippen molar-refractivity contribution in [2.45, 2.75) is 12.5 Å². The third-order valence-electron chi connectivity index (χ3n) is 2.75. The Morgan fingerprint density at radius 1 is 1.26 bits per heavy atom. The third-order valence-corrected chi connectivity index (χ3v) is 3.83. The molecule has 1 aromatic heterocycles. The molecule has 1 atom stereocenters. The van der Waals surface area contributed by atoms with Crippen LogP contribution >= 0.6 is 31.9 Å². The Morgan fingerprint density at radius 2 is 2.05 bits per heavy atom. The fourth-order valence-corrected chi connectivity index (χ4v) is 2.37. The Labute approximate surface area is 127 Å². The minimum Gasteiger partial charge on any atom is -0.271 e. The van der Waals surface area contributed by atoms with Gasteiger partial charge in [0.2, 0.25) is 0 Å². The molecule has 1 heterocycles. The van der Waals surface area contributed by atoms with Crippen LogP contribution in [0, 0.1) is 5.82 Å². The first-order valence-electron chi connectivity index (χ1n) is 5.61. The number of benzene rings is 1. The Morgan fingerprint density at radius 3 is 2.63 bits per heavy atom. The number of halogens is 3. The normalized spacial score (nSPS) is 12.4. The highest BCUT2D eigenvalue weighted by atomic mass is 79.9. The third kappa shape index (κ3) is 3.82. The lowest BCUT2D eigenvalue weighted by Gasteiger charge is -2.16. The van der Waals surface area contributed by atoms with Gasteiger partial charge >= 0.3 is 0 Å². The molecular weight excluding hydrogens is 377 g/mol. The van der Waals surface area contributed by atoms with Crippen LogP contribution in [0.5, 0.6) is 0 Å². The van der Waals surface area contributed by atoms with Gasteiger partial charge in [-0.1, -0.05) is 6.07 Å². The van der Waals surface area contributed by atoms with E-state index in [2.05, 4.69) is 42.3 Å². The molecule has 100 valence electrons. The first-order chi connectivity index (χ1) is 9.10. The minimum absolute atomic E-state index is 0.120. The molecule has 3 nitrogen and oxygen atoms in total. The number of hydrogen-bond acceptors (Lipinski definition) is 3. The molecular formula is C13H12Br2FN3. The second-order valence-electron chi connectivity index (χ2n) is 4.06. The SMILES string of the molecule is NNC(Cc1ccc(Br)cn1)c1ccc(F)c(Br)c1. The van der Waals surface area contributed by atoms with E-state index in [4.69, 9.17) is 5.84 Å². The zero-order valence-electron chi connectivity index (χ0n) is 9.91. The number of nitrogens with two attached hydrogens (primary N) is 1. The molecule has 19 heavy (non-hydrogen) atoms. The summed E-state index contributed by atoms with van der Waals surface area (Å²) in [5.41, 5.74) is 4.55. The zero-order chi connectivity index (χ0) is 13.8. The van der Waals surface area contributed by atoms with Crippen LogP contribution in [-0.2, 0) is 6.42 Å². The monoisotopic (exact) mass is 387 g/mol. The summed E-state index contributed by atoms with van der Waals surface area (Å²) in [5.74, 6) is 5.28. The van der Waals surface area contributed by atoms with Crippen molar-refractivity contribution in [2.75, 3.05) is 0 Å². The van der Waals surface area contributed by atoms with Crippen molar-refractivity contribution in [3.63, 3.8) is 0 Å². The van der Waals surface area contributed by atoms with E-state index in [-0.39, 0.29) is 11.9 Å². The molecule has 1 aromatic carbocycles. The molecule has 0 saturated heterocycles. The maximum Gasteiger partial charge on any atom is 0.137 e. The standard InChI is InChI=1S/C13H12Br2FN3/c14-9-2-3-10(18-7-9)6-13(19-17)8-1-4-12(16)11(15)5-8/h1-5,7,13,19H,6,17H2. The van der Waals surface area contributed by atoms with Crippen LogP contribution in [0.1, 0.15) is 17.3 Å². The number of hydrazine groups is 1. The largest absolute Gasteiger partial charge is 0.271 e. The fraction of sp³-hybridized carbons (Fsp3) is 0.154. The van der Waals surface area contributed by atoms with Crippen molar-refractivity contribution in [3.8, 4) is 0 Å². The quantitative estimate of drug-likeness (QED) is 0.622. The van der Waals surface area contributed by atoms with E-state index in [9.17, 15) is 4.39 Å². The van der Waals surface area contributed by atoms with Crippen molar-refractivity contribution in [1.29, 1.82) is 0 Å². The Balaban J connectivity index is 2.19. The predicted octanol–water partition coefficient (Wildman–Crippen LogP) is 3.49. The maximum absolute atomic E-state index is 13.2. The lowest BCUT2D eigenvalue weighted by atomic mass is 10.0. The number of nitrogens with one attached hydrogen (secondary N) is 1. The number of aromatic nitrogens is 1. The van der Waals surface area contributed by atoms with Gasteiger partial charge in [-0.3, -0.25) is 16.3 Å².